The Hall–Kier alpha value is -2.04. The molecular weight excluding hydrogens is 280 g/mol. The normalized spacial score (nSPS) is 18.5. The van der Waals surface area contributed by atoms with Crippen LogP contribution in [-0.4, -0.2) is 31.0 Å². The van der Waals surface area contributed by atoms with Crippen LogP contribution in [-0.2, 0) is 9.59 Å². The highest BCUT2D eigenvalue weighted by Crippen LogP contribution is 2.32. The number of amides is 2. The number of hydrogen-bond donors (Lipinski definition) is 1. The standard InChI is InChI=1S/C17H24N2O3/c1-5-17(2,3)18-16(21)12-10-15(20)19(11-12)13-8-6-7-9-14(13)22-4/h6-9,12H,5,10-11H2,1-4H3,(H,18,21)/t12-/m0/s1. The Balaban J connectivity index is 2.12. The minimum atomic E-state index is -0.316. The third-order valence-corrected chi connectivity index (χ3v) is 4.22. The maximum atomic E-state index is 12.4. The first kappa shape index (κ1) is 16.3. The van der Waals surface area contributed by atoms with Crippen molar-refractivity contribution in [3.63, 3.8) is 0 Å². The van der Waals surface area contributed by atoms with E-state index in [1.807, 2.05) is 45.0 Å². The van der Waals surface area contributed by atoms with Crippen LogP contribution in [0.1, 0.15) is 33.6 Å². The maximum absolute atomic E-state index is 12.4. The van der Waals surface area contributed by atoms with Gasteiger partial charge in [-0.25, -0.2) is 0 Å². The maximum Gasteiger partial charge on any atom is 0.227 e. The first-order chi connectivity index (χ1) is 10.4. The molecule has 1 atom stereocenters. The first-order valence-corrected chi connectivity index (χ1v) is 7.63. The van der Waals surface area contributed by atoms with Crippen LogP contribution in [0.15, 0.2) is 24.3 Å². The topological polar surface area (TPSA) is 58.6 Å². The van der Waals surface area contributed by atoms with Crippen molar-refractivity contribution in [2.24, 2.45) is 5.92 Å². The molecule has 2 amide bonds. The number of rotatable bonds is 5. The summed E-state index contributed by atoms with van der Waals surface area (Å²) >= 11 is 0. The molecule has 1 saturated heterocycles. The summed E-state index contributed by atoms with van der Waals surface area (Å²) in [6.45, 7) is 6.39. The number of ether oxygens (including phenoxy) is 1. The summed E-state index contributed by atoms with van der Waals surface area (Å²) in [5.41, 5.74) is 0.470. The molecule has 0 spiro atoms. The number of nitrogens with zero attached hydrogens (tertiary/aromatic N) is 1. The van der Waals surface area contributed by atoms with Gasteiger partial charge in [-0.3, -0.25) is 9.59 Å². The highest BCUT2D eigenvalue weighted by atomic mass is 16.5. The van der Waals surface area contributed by atoms with E-state index in [9.17, 15) is 9.59 Å². The molecule has 0 aromatic heterocycles. The number of anilines is 1. The summed E-state index contributed by atoms with van der Waals surface area (Å²) in [6, 6.07) is 7.37. The lowest BCUT2D eigenvalue weighted by Crippen LogP contribution is -2.46. The molecule has 2 rings (SSSR count). The molecule has 22 heavy (non-hydrogen) atoms. The van der Waals surface area contributed by atoms with Gasteiger partial charge < -0.3 is 15.0 Å². The second kappa shape index (κ2) is 6.38. The Kier molecular flexibility index (Phi) is 4.74. The fraction of sp³-hybridized carbons (Fsp3) is 0.529. The molecule has 1 N–H and O–H groups in total. The van der Waals surface area contributed by atoms with Crippen molar-refractivity contribution in [2.75, 3.05) is 18.6 Å². The summed E-state index contributed by atoms with van der Waals surface area (Å²) in [5.74, 6) is 0.227. The van der Waals surface area contributed by atoms with E-state index < -0.39 is 0 Å². The highest BCUT2D eigenvalue weighted by molar-refractivity contribution is 6.01. The van der Waals surface area contributed by atoms with Crippen LogP contribution in [0.25, 0.3) is 0 Å². The average Bonchev–Trinajstić information content (AvgIpc) is 2.89. The van der Waals surface area contributed by atoms with Crippen molar-refractivity contribution in [1.29, 1.82) is 0 Å². The van der Waals surface area contributed by atoms with E-state index >= 15 is 0 Å². The molecule has 5 heteroatoms. The Morgan fingerprint density at radius 1 is 1.41 bits per heavy atom. The zero-order chi connectivity index (χ0) is 16.3. The molecule has 0 bridgehead atoms. The zero-order valence-corrected chi connectivity index (χ0v) is 13.7. The molecule has 0 aliphatic carbocycles. The number of carbonyl (C=O) groups is 2. The lowest BCUT2D eigenvalue weighted by Gasteiger charge is -2.26. The van der Waals surface area contributed by atoms with E-state index in [-0.39, 0.29) is 29.7 Å². The molecule has 1 aromatic rings. The van der Waals surface area contributed by atoms with Gasteiger partial charge in [0.15, 0.2) is 0 Å². The summed E-state index contributed by atoms with van der Waals surface area (Å²) in [6.07, 6.45) is 1.08. The number of benzene rings is 1. The molecule has 0 unspecified atom stereocenters. The van der Waals surface area contributed by atoms with Gasteiger partial charge in [0.05, 0.1) is 18.7 Å². The molecule has 120 valence electrons. The fourth-order valence-electron chi connectivity index (χ4n) is 2.49. The number of nitrogens with one attached hydrogen (secondary N) is 1. The molecule has 0 saturated carbocycles. The molecular formula is C17H24N2O3. The predicted molar refractivity (Wildman–Crippen MR) is 86.0 cm³/mol. The Morgan fingerprint density at radius 3 is 2.73 bits per heavy atom. The summed E-state index contributed by atoms with van der Waals surface area (Å²) in [5, 5.41) is 3.02. The van der Waals surface area contributed by atoms with Crippen molar-refractivity contribution in [3.05, 3.63) is 24.3 Å². The smallest absolute Gasteiger partial charge is 0.227 e. The summed E-state index contributed by atoms with van der Waals surface area (Å²) < 4.78 is 5.31. The van der Waals surface area contributed by atoms with Gasteiger partial charge in [0.1, 0.15) is 5.75 Å². The Labute approximate surface area is 131 Å². The highest BCUT2D eigenvalue weighted by Gasteiger charge is 2.37. The number of carbonyl (C=O) groups excluding carboxylic acids is 2. The monoisotopic (exact) mass is 304 g/mol. The van der Waals surface area contributed by atoms with Crippen molar-refractivity contribution in [3.8, 4) is 5.75 Å². The van der Waals surface area contributed by atoms with E-state index in [0.717, 1.165) is 12.1 Å². The van der Waals surface area contributed by atoms with Crippen LogP contribution >= 0.6 is 0 Å². The van der Waals surface area contributed by atoms with Crippen LogP contribution in [0, 0.1) is 5.92 Å². The van der Waals surface area contributed by atoms with E-state index in [4.69, 9.17) is 4.74 Å². The van der Waals surface area contributed by atoms with E-state index in [0.29, 0.717) is 12.3 Å². The van der Waals surface area contributed by atoms with Crippen LogP contribution in [0.5, 0.6) is 5.75 Å². The minimum absolute atomic E-state index is 0.0426. The van der Waals surface area contributed by atoms with Gasteiger partial charge in [0.25, 0.3) is 0 Å². The van der Waals surface area contributed by atoms with Crippen LogP contribution < -0.4 is 15.0 Å². The molecule has 1 aliphatic heterocycles. The van der Waals surface area contributed by atoms with Crippen LogP contribution in [0.4, 0.5) is 5.69 Å². The third-order valence-electron chi connectivity index (χ3n) is 4.22. The quantitative estimate of drug-likeness (QED) is 0.908. The van der Waals surface area contributed by atoms with E-state index in [2.05, 4.69) is 5.32 Å². The van der Waals surface area contributed by atoms with Crippen LogP contribution in [0.3, 0.4) is 0 Å². The van der Waals surface area contributed by atoms with Crippen molar-refractivity contribution in [1.82, 2.24) is 5.32 Å². The van der Waals surface area contributed by atoms with Gasteiger partial charge in [0, 0.05) is 18.5 Å². The number of para-hydroxylation sites is 2. The molecule has 5 nitrogen and oxygen atoms in total. The lowest BCUT2D eigenvalue weighted by atomic mass is 9.99. The Morgan fingerprint density at radius 2 is 2.09 bits per heavy atom. The van der Waals surface area contributed by atoms with Gasteiger partial charge in [-0.2, -0.15) is 0 Å². The number of hydrogen-bond acceptors (Lipinski definition) is 3. The van der Waals surface area contributed by atoms with Gasteiger partial charge in [-0.05, 0) is 32.4 Å². The first-order valence-electron chi connectivity index (χ1n) is 7.63. The van der Waals surface area contributed by atoms with Gasteiger partial charge in [-0.15, -0.1) is 0 Å². The second-order valence-corrected chi connectivity index (χ2v) is 6.30. The summed E-state index contributed by atoms with van der Waals surface area (Å²) in [4.78, 5) is 26.3. The largest absolute Gasteiger partial charge is 0.495 e. The van der Waals surface area contributed by atoms with Gasteiger partial charge in [-0.1, -0.05) is 19.1 Å². The van der Waals surface area contributed by atoms with Crippen molar-refractivity contribution >= 4 is 17.5 Å². The van der Waals surface area contributed by atoms with Crippen molar-refractivity contribution in [2.45, 2.75) is 39.2 Å². The van der Waals surface area contributed by atoms with E-state index in [1.54, 1.807) is 12.0 Å². The van der Waals surface area contributed by atoms with Gasteiger partial charge in [0.2, 0.25) is 11.8 Å². The minimum Gasteiger partial charge on any atom is -0.495 e. The second-order valence-electron chi connectivity index (χ2n) is 6.30. The van der Waals surface area contributed by atoms with Crippen LogP contribution in [0.2, 0.25) is 0 Å². The average molecular weight is 304 g/mol. The number of methoxy groups -OCH3 is 1. The Bertz CT molecular complexity index is 569. The predicted octanol–water partition coefficient (Wildman–Crippen LogP) is 2.35. The molecule has 0 radical (unpaired) electrons. The fourth-order valence-corrected chi connectivity index (χ4v) is 2.49. The molecule has 1 fully saturated rings. The third kappa shape index (κ3) is 3.40. The lowest BCUT2D eigenvalue weighted by molar-refractivity contribution is -0.127. The molecule has 1 heterocycles. The molecule has 1 aromatic carbocycles. The summed E-state index contributed by atoms with van der Waals surface area (Å²) in [7, 11) is 1.58. The SMILES string of the molecule is CCC(C)(C)NC(=O)[C@H]1CC(=O)N(c2ccccc2OC)C1. The molecule has 1 aliphatic rings. The van der Waals surface area contributed by atoms with E-state index in [1.165, 1.54) is 0 Å². The van der Waals surface area contributed by atoms with Crippen molar-refractivity contribution < 1.29 is 14.3 Å². The zero-order valence-electron chi connectivity index (χ0n) is 13.7. The van der Waals surface area contributed by atoms with Gasteiger partial charge >= 0.3 is 0 Å².